The molecule has 1 rings (SSSR count). The molecule has 0 aromatic heterocycles. The average Bonchev–Trinajstić information content (AvgIpc) is 2.16. The monoisotopic (exact) mass is 292 g/mol. The van der Waals surface area contributed by atoms with Crippen LogP contribution >= 0.6 is 39.1 Å². The first-order valence-corrected chi connectivity index (χ1v) is 4.75. The van der Waals surface area contributed by atoms with Crippen LogP contribution in [0, 0.1) is 28.5 Å². The van der Waals surface area contributed by atoms with E-state index in [1.54, 1.807) is 12.1 Å². The maximum Gasteiger partial charge on any atom is 0.161 e. The second-order valence-electron chi connectivity index (χ2n) is 2.23. The standard InChI is InChI=1S/C8BrCl2FN2/c9-5-6(10)3(1-13)8(12)4(2-14)7(5)11. The van der Waals surface area contributed by atoms with Gasteiger partial charge in [0.25, 0.3) is 0 Å². The second-order valence-corrected chi connectivity index (χ2v) is 3.78. The predicted octanol–water partition coefficient (Wildman–Crippen LogP) is 3.64. The third kappa shape index (κ3) is 1.57. The first-order valence-electron chi connectivity index (χ1n) is 3.20. The van der Waals surface area contributed by atoms with Crippen LogP contribution in [-0.2, 0) is 0 Å². The summed E-state index contributed by atoms with van der Waals surface area (Å²) in [5, 5.41) is 16.9. The van der Waals surface area contributed by atoms with E-state index in [0.29, 0.717) is 0 Å². The van der Waals surface area contributed by atoms with Crippen molar-refractivity contribution in [2.45, 2.75) is 0 Å². The maximum atomic E-state index is 13.3. The zero-order valence-corrected chi connectivity index (χ0v) is 9.50. The zero-order chi connectivity index (χ0) is 10.9. The van der Waals surface area contributed by atoms with Crippen molar-refractivity contribution in [2.75, 3.05) is 0 Å². The Kier molecular flexibility index (Phi) is 3.34. The van der Waals surface area contributed by atoms with Gasteiger partial charge in [-0.05, 0) is 15.9 Å². The van der Waals surface area contributed by atoms with E-state index >= 15 is 0 Å². The number of hydrogen-bond donors (Lipinski definition) is 0. The number of hydrogen-bond acceptors (Lipinski definition) is 2. The van der Waals surface area contributed by atoms with Crippen molar-refractivity contribution in [2.24, 2.45) is 0 Å². The highest BCUT2D eigenvalue weighted by atomic mass is 79.9. The number of nitrogens with zero attached hydrogens (tertiary/aromatic N) is 2. The largest absolute Gasteiger partial charge is 0.204 e. The molecule has 2 nitrogen and oxygen atoms in total. The van der Waals surface area contributed by atoms with Crippen LogP contribution < -0.4 is 0 Å². The summed E-state index contributed by atoms with van der Waals surface area (Å²) in [5.74, 6) is -0.992. The van der Waals surface area contributed by atoms with Gasteiger partial charge in [-0.2, -0.15) is 10.5 Å². The van der Waals surface area contributed by atoms with Crippen molar-refractivity contribution < 1.29 is 4.39 Å². The van der Waals surface area contributed by atoms with Crippen molar-refractivity contribution in [3.05, 3.63) is 31.5 Å². The van der Waals surface area contributed by atoms with Crippen molar-refractivity contribution >= 4 is 39.1 Å². The van der Waals surface area contributed by atoms with Gasteiger partial charge in [-0.3, -0.25) is 0 Å². The summed E-state index contributed by atoms with van der Waals surface area (Å²) in [6.45, 7) is 0. The third-order valence-corrected chi connectivity index (χ3v) is 3.49. The molecule has 0 bridgehead atoms. The lowest BCUT2D eigenvalue weighted by molar-refractivity contribution is 0.620. The van der Waals surface area contributed by atoms with Gasteiger partial charge in [0.1, 0.15) is 23.3 Å². The fourth-order valence-electron chi connectivity index (χ4n) is 0.830. The molecule has 0 spiro atoms. The van der Waals surface area contributed by atoms with Crippen molar-refractivity contribution in [3.63, 3.8) is 0 Å². The fourth-order valence-corrected chi connectivity index (χ4v) is 1.71. The normalized spacial score (nSPS) is 9.29. The molecular weight excluding hydrogens is 294 g/mol. The van der Waals surface area contributed by atoms with Crippen molar-refractivity contribution in [1.29, 1.82) is 10.5 Å². The van der Waals surface area contributed by atoms with E-state index in [1.807, 2.05) is 0 Å². The van der Waals surface area contributed by atoms with E-state index in [-0.39, 0.29) is 25.6 Å². The summed E-state index contributed by atoms with van der Waals surface area (Å²) in [4.78, 5) is 0. The van der Waals surface area contributed by atoms with Gasteiger partial charge in [-0.1, -0.05) is 23.2 Å². The summed E-state index contributed by atoms with van der Waals surface area (Å²) >= 11 is 14.2. The van der Waals surface area contributed by atoms with Crippen LogP contribution in [0.15, 0.2) is 4.47 Å². The zero-order valence-electron chi connectivity index (χ0n) is 6.41. The fraction of sp³-hybridized carbons (Fsp3) is 0. The van der Waals surface area contributed by atoms with Crippen molar-refractivity contribution in [1.82, 2.24) is 0 Å². The van der Waals surface area contributed by atoms with Crippen molar-refractivity contribution in [3.8, 4) is 12.1 Å². The molecule has 0 fully saturated rings. The Balaban J connectivity index is 3.78. The second kappa shape index (κ2) is 4.14. The van der Waals surface area contributed by atoms with E-state index in [4.69, 9.17) is 33.7 Å². The molecule has 14 heavy (non-hydrogen) atoms. The number of halogens is 4. The van der Waals surface area contributed by atoms with Crippen LogP contribution in [0.2, 0.25) is 10.0 Å². The first kappa shape index (κ1) is 11.3. The molecule has 0 aliphatic heterocycles. The Morgan fingerprint density at radius 1 is 1.07 bits per heavy atom. The summed E-state index contributed by atoms with van der Waals surface area (Å²) in [5.41, 5.74) is -0.779. The smallest absolute Gasteiger partial charge is 0.161 e. The highest BCUT2D eigenvalue weighted by molar-refractivity contribution is 9.10. The molecule has 0 atom stereocenters. The molecule has 0 aliphatic rings. The van der Waals surface area contributed by atoms with E-state index in [2.05, 4.69) is 15.9 Å². The number of nitriles is 2. The molecule has 1 aromatic rings. The van der Waals surface area contributed by atoms with Gasteiger partial charge >= 0.3 is 0 Å². The van der Waals surface area contributed by atoms with Gasteiger partial charge < -0.3 is 0 Å². The average molecular weight is 294 g/mol. The molecule has 0 unspecified atom stereocenters. The molecular formula is C8BrCl2FN2. The van der Waals surface area contributed by atoms with Crippen LogP contribution in [0.5, 0.6) is 0 Å². The van der Waals surface area contributed by atoms with E-state index < -0.39 is 5.82 Å². The minimum atomic E-state index is -0.992. The van der Waals surface area contributed by atoms with Crippen LogP contribution in [-0.4, -0.2) is 0 Å². The Morgan fingerprint density at radius 3 is 1.71 bits per heavy atom. The van der Waals surface area contributed by atoms with E-state index in [1.165, 1.54) is 0 Å². The SMILES string of the molecule is N#Cc1c(F)c(C#N)c(Cl)c(Br)c1Cl. The van der Waals surface area contributed by atoms with Crippen LogP contribution in [0.3, 0.4) is 0 Å². The topological polar surface area (TPSA) is 47.6 Å². The van der Waals surface area contributed by atoms with Gasteiger partial charge in [-0.25, -0.2) is 4.39 Å². The Hall–Kier alpha value is -0.810. The molecule has 0 N–H and O–H groups in total. The number of rotatable bonds is 0. The number of benzene rings is 1. The summed E-state index contributed by atoms with van der Waals surface area (Å²) in [6, 6.07) is 3.12. The predicted molar refractivity (Wildman–Crippen MR) is 53.6 cm³/mol. The van der Waals surface area contributed by atoms with Gasteiger partial charge in [0.2, 0.25) is 0 Å². The minimum Gasteiger partial charge on any atom is -0.204 e. The van der Waals surface area contributed by atoms with Gasteiger partial charge in [0, 0.05) is 0 Å². The Morgan fingerprint density at radius 2 is 1.43 bits per heavy atom. The van der Waals surface area contributed by atoms with Gasteiger partial charge in [0.15, 0.2) is 5.82 Å². The van der Waals surface area contributed by atoms with E-state index in [9.17, 15) is 4.39 Å². The lowest BCUT2D eigenvalue weighted by Gasteiger charge is -2.05. The lowest BCUT2D eigenvalue weighted by Crippen LogP contribution is -1.94. The van der Waals surface area contributed by atoms with Crippen LogP contribution in [0.25, 0.3) is 0 Å². The maximum absolute atomic E-state index is 13.3. The lowest BCUT2D eigenvalue weighted by atomic mass is 10.1. The summed E-state index contributed by atoms with van der Waals surface area (Å²) < 4.78 is 13.5. The van der Waals surface area contributed by atoms with Gasteiger partial charge in [0.05, 0.1) is 14.5 Å². The minimum absolute atomic E-state index is 0.131. The van der Waals surface area contributed by atoms with E-state index in [0.717, 1.165) is 0 Å². The quantitative estimate of drug-likeness (QED) is 0.541. The summed E-state index contributed by atoms with van der Waals surface area (Å²) in [7, 11) is 0. The molecule has 0 saturated carbocycles. The Labute approximate surface area is 97.6 Å². The van der Waals surface area contributed by atoms with Crippen LogP contribution in [0.4, 0.5) is 4.39 Å². The molecule has 70 valence electrons. The first-order chi connectivity index (χ1) is 6.54. The highest BCUT2D eigenvalue weighted by Gasteiger charge is 2.20. The molecule has 0 aliphatic carbocycles. The molecule has 1 aromatic carbocycles. The molecule has 0 heterocycles. The third-order valence-electron chi connectivity index (χ3n) is 1.49. The molecule has 0 saturated heterocycles. The molecule has 6 heteroatoms. The van der Waals surface area contributed by atoms with Gasteiger partial charge in [-0.15, -0.1) is 0 Å². The van der Waals surface area contributed by atoms with Crippen LogP contribution in [0.1, 0.15) is 11.1 Å². The Bertz CT molecular complexity index is 447. The molecule has 0 amide bonds. The molecule has 0 radical (unpaired) electrons. The summed E-state index contributed by atoms with van der Waals surface area (Å²) in [6.07, 6.45) is 0. The highest BCUT2D eigenvalue weighted by Crippen LogP contribution is 2.37.